The molecule has 286 valence electrons. The highest BCUT2D eigenvalue weighted by atomic mass is 32.1. The molecular weight excluding hydrogens is 825 g/mol. The number of aryl methyl sites for hydroxylation is 4. The molecule has 0 saturated heterocycles. The SMILES string of the molecule is O=C(O)CCc1ccsc1-c1ccc(-c2sc(-c3ccc(-c4cc(CCC(=O)O)c(-c5ccc(-c6sccc6CCC(=O)O)s5)s4)cc3)cc2CCC(=O)O)s1. The second kappa shape index (κ2) is 17.6. The molecule has 0 unspecified atom stereocenters. The fourth-order valence-electron chi connectivity index (χ4n) is 6.36. The number of carboxylic acid groups (broad SMARTS) is 4. The van der Waals surface area contributed by atoms with Gasteiger partial charge in [-0.3, -0.25) is 19.2 Å². The van der Waals surface area contributed by atoms with Gasteiger partial charge in [0, 0.05) is 74.5 Å². The van der Waals surface area contributed by atoms with E-state index in [4.69, 9.17) is 0 Å². The van der Waals surface area contributed by atoms with Gasteiger partial charge in [-0.1, -0.05) is 24.3 Å². The smallest absolute Gasteiger partial charge is 0.303 e. The van der Waals surface area contributed by atoms with Gasteiger partial charge in [-0.05, 0) is 118 Å². The molecule has 7 aromatic rings. The summed E-state index contributed by atoms with van der Waals surface area (Å²) in [6.45, 7) is 0. The van der Waals surface area contributed by atoms with Gasteiger partial charge < -0.3 is 20.4 Å². The first-order valence-corrected chi connectivity index (χ1v) is 22.6. The van der Waals surface area contributed by atoms with Crippen molar-refractivity contribution in [2.24, 2.45) is 0 Å². The summed E-state index contributed by atoms with van der Waals surface area (Å²) in [5.41, 5.74) is 5.98. The van der Waals surface area contributed by atoms with Crippen LogP contribution in [0.1, 0.15) is 47.9 Å². The van der Waals surface area contributed by atoms with Gasteiger partial charge >= 0.3 is 23.9 Å². The lowest BCUT2D eigenvalue weighted by molar-refractivity contribution is -0.138. The van der Waals surface area contributed by atoms with E-state index < -0.39 is 23.9 Å². The van der Waals surface area contributed by atoms with E-state index in [-0.39, 0.29) is 25.7 Å². The Morgan fingerprint density at radius 1 is 0.375 bits per heavy atom. The molecule has 0 aliphatic heterocycles. The second-order valence-corrected chi connectivity index (χ2v) is 19.1. The minimum absolute atomic E-state index is 0.0144. The molecule has 0 aliphatic carbocycles. The van der Waals surface area contributed by atoms with Gasteiger partial charge in [-0.2, -0.15) is 0 Å². The Bertz CT molecular complexity index is 2350. The minimum Gasteiger partial charge on any atom is -0.481 e. The molecule has 0 fully saturated rings. The summed E-state index contributed by atoms with van der Waals surface area (Å²) in [4.78, 5) is 56.1. The third-order valence-corrected chi connectivity index (χ3v) is 16.4. The van der Waals surface area contributed by atoms with Crippen molar-refractivity contribution in [1.82, 2.24) is 0 Å². The van der Waals surface area contributed by atoms with E-state index in [2.05, 4.69) is 60.7 Å². The van der Waals surface area contributed by atoms with E-state index >= 15 is 0 Å². The van der Waals surface area contributed by atoms with E-state index in [0.29, 0.717) is 25.7 Å². The largest absolute Gasteiger partial charge is 0.481 e. The van der Waals surface area contributed by atoms with Crippen molar-refractivity contribution in [3.63, 3.8) is 0 Å². The molecule has 0 radical (unpaired) electrons. The highest BCUT2D eigenvalue weighted by Gasteiger charge is 2.20. The molecule has 8 nitrogen and oxygen atoms in total. The van der Waals surface area contributed by atoms with E-state index in [1.165, 1.54) is 0 Å². The minimum atomic E-state index is -0.856. The van der Waals surface area contributed by atoms with Crippen LogP contribution in [0.15, 0.2) is 83.6 Å². The van der Waals surface area contributed by atoms with Crippen LogP contribution in [0.5, 0.6) is 0 Å². The van der Waals surface area contributed by atoms with Gasteiger partial charge in [-0.15, -0.1) is 68.0 Å². The highest BCUT2D eigenvalue weighted by molar-refractivity contribution is 7.28. The first-order valence-electron chi connectivity index (χ1n) is 17.6. The number of hydrogen-bond donors (Lipinski definition) is 4. The normalized spacial score (nSPS) is 11.3. The van der Waals surface area contributed by atoms with Crippen LogP contribution in [-0.4, -0.2) is 44.3 Å². The van der Waals surface area contributed by atoms with Crippen molar-refractivity contribution < 1.29 is 39.6 Å². The Morgan fingerprint density at radius 2 is 0.696 bits per heavy atom. The zero-order valence-corrected chi connectivity index (χ0v) is 34.5. The van der Waals surface area contributed by atoms with Crippen LogP contribution in [-0.2, 0) is 44.9 Å². The average molecular weight is 859 g/mol. The maximum atomic E-state index is 11.6. The maximum Gasteiger partial charge on any atom is 0.303 e. The molecule has 0 atom stereocenters. The van der Waals surface area contributed by atoms with E-state index in [0.717, 1.165) is 82.2 Å². The number of aliphatic carboxylic acids is 4. The Kier molecular flexibility index (Phi) is 12.4. The Labute approximate surface area is 346 Å². The van der Waals surface area contributed by atoms with E-state index in [1.807, 2.05) is 22.9 Å². The second-order valence-electron chi connectivity index (χ2n) is 13.0. The number of hydrogen-bond acceptors (Lipinski definition) is 10. The third-order valence-electron chi connectivity index (χ3n) is 9.11. The molecule has 0 amide bonds. The summed E-state index contributed by atoms with van der Waals surface area (Å²) in [6, 6.07) is 24.7. The molecule has 0 spiro atoms. The van der Waals surface area contributed by atoms with E-state index in [1.54, 1.807) is 68.0 Å². The summed E-state index contributed by atoms with van der Waals surface area (Å²) < 4.78 is 0. The molecule has 0 saturated carbocycles. The quantitative estimate of drug-likeness (QED) is 0.0666. The molecule has 0 aliphatic rings. The van der Waals surface area contributed by atoms with Crippen LogP contribution in [0.4, 0.5) is 0 Å². The van der Waals surface area contributed by atoms with Gasteiger partial charge in [0.05, 0.1) is 0 Å². The van der Waals surface area contributed by atoms with Crippen molar-refractivity contribution in [2.75, 3.05) is 0 Å². The maximum absolute atomic E-state index is 11.6. The molecule has 6 heterocycles. The topological polar surface area (TPSA) is 149 Å². The van der Waals surface area contributed by atoms with Crippen LogP contribution in [0.25, 0.3) is 59.9 Å². The predicted octanol–water partition coefficient (Wildman–Crippen LogP) is 12.1. The number of thiophene rings is 6. The lowest BCUT2D eigenvalue weighted by atomic mass is 10.0. The summed E-state index contributed by atoms with van der Waals surface area (Å²) in [6.07, 6.45) is 1.88. The Balaban J connectivity index is 1.16. The van der Waals surface area contributed by atoms with Crippen molar-refractivity contribution in [2.45, 2.75) is 51.4 Å². The molecule has 56 heavy (non-hydrogen) atoms. The highest BCUT2D eigenvalue weighted by Crippen LogP contribution is 2.47. The number of carbonyl (C=O) groups is 4. The monoisotopic (exact) mass is 858 g/mol. The number of benzene rings is 1. The zero-order chi connectivity index (χ0) is 39.3. The first kappa shape index (κ1) is 39.5. The number of rotatable bonds is 18. The molecule has 1 aromatic carbocycles. The van der Waals surface area contributed by atoms with Gasteiger partial charge in [0.15, 0.2) is 0 Å². The standard InChI is InChI=1S/C42H34O8S6/c43-35(44)13-5-25-17-19-51-39(25)29-9-11-31(53-29)41-27(7-15-37(47)48)21-33(55-41)23-1-2-24(4-3-23)34-22-28(8-16-38(49)50)42(56-34)32-12-10-30(54-32)40-26(18-20-52-40)6-14-36(45)46/h1-4,9-12,17-22H,5-8,13-16H2,(H,43,44)(H,45,46)(H,47,48)(H,49,50). The lowest BCUT2D eigenvalue weighted by Gasteiger charge is -2.01. The molecule has 0 bridgehead atoms. The van der Waals surface area contributed by atoms with Crippen LogP contribution < -0.4 is 0 Å². The molecule has 14 heteroatoms. The first-order chi connectivity index (χ1) is 27.0. The van der Waals surface area contributed by atoms with Gasteiger partial charge in [0.2, 0.25) is 0 Å². The van der Waals surface area contributed by atoms with Gasteiger partial charge in [-0.25, -0.2) is 0 Å². The van der Waals surface area contributed by atoms with Crippen LogP contribution in [0, 0.1) is 0 Å². The number of carboxylic acids is 4. The van der Waals surface area contributed by atoms with E-state index in [9.17, 15) is 39.6 Å². The third kappa shape index (κ3) is 9.28. The fraction of sp³-hybridized carbons (Fsp3) is 0.190. The predicted molar refractivity (Wildman–Crippen MR) is 230 cm³/mol. The molecule has 4 N–H and O–H groups in total. The zero-order valence-electron chi connectivity index (χ0n) is 29.6. The van der Waals surface area contributed by atoms with Crippen molar-refractivity contribution in [3.8, 4) is 59.9 Å². The Hall–Kier alpha value is -4.70. The van der Waals surface area contributed by atoms with Crippen LogP contribution >= 0.6 is 68.0 Å². The van der Waals surface area contributed by atoms with Crippen molar-refractivity contribution >= 4 is 91.9 Å². The van der Waals surface area contributed by atoms with Crippen molar-refractivity contribution in [1.29, 1.82) is 0 Å². The summed E-state index contributed by atoms with van der Waals surface area (Å²) in [5.74, 6) is -3.37. The molecule has 6 aromatic heterocycles. The summed E-state index contributed by atoms with van der Waals surface area (Å²) in [7, 11) is 0. The Morgan fingerprint density at radius 3 is 1.04 bits per heavy atom. The lowest BCUT2D eigenvalue weighted by Crippen LogP contribution is -1.97. The van der Waals surface area contributed by atoms with Crippen molar-refractivity contribution in [3.05, 3.63) is 106 Å². The summed E-state index contributed by atoms with van der Waals surface area (Å²) in [5, 5.41) is 41.4. The molecular formula is C42H34O8S6. The van der Waals surface area contributed by atoms with Gasteiger partial charge in [0.25, 0.3) is 0 Å². The van der Waals surface area contributed by atoms with Gasteiger partial charge in [0.1, 0.15) is 0 Å². The molecule has 7 rings (SSSR count). The fourth-order valence-corrected chi connectivity index (χ4v) is 13.3. The summed E-state index contributed by atoms with van der Waals surface area (Å²) >= 11 is 9.71. The van der Waals surface area contributed by atoms with Crippen LogP contribution in [0.3, 0.4) is 0 Å². The average Bonchev–Trinajstić information content (AvgIpc) is 4.02. The van der Waals surface area contributed by atoms with Crippen LogP contribution in [0.2, 0.25) is 0 Å².